The molecule has 1 saturated heterocycles. The minimum absolute atomic E-state index is 0.0635. The van der Waals surface area contributed by atoms with Crippen LogP contribution in [0.3, 0.4) is 0 Å². The largest absolute Gasteiger partial charge is 0.444 e. The zero-order valence-corrected chi connectivity index (χ0v) is 10.6. The van der Waals surface area contributed by atoms with Crippen LogP contribution in [0.4, 0.5) is 4.79 Å². The third kappa shape index (κ3) is 3.98. The van der Waals surface area contributed by atoms with Gasteiger partial charge < -0.3 is 14.8 Å². The third-order valence-corrected chi connectivity index (χ3v) is 2.30. The van der Waals surface area contributed by atoms with E-state index >= 15 is 0 Å². The van der Waals surface area contributed by atoms with E-state index in [-0.39, 0.29) is 12.1 Å². The molecule has 1 rings (SSSR count). The maximum absolute atomic E-state index is 11.9. The summed E-state index contributed by atoms with van der Waals surface area (Å²) in [4.78, 5) is 13.7. The Balaban J connectivity index is 2.57. The quantitative estimate of drug-likeness (QED) is 0.764. The highest BCUT2D eigenvalue weighted by Crippen LogP contribution is 2.14. The Morgan fingerprint density at radius 1 is 1.56 bits per heavy atom. The van der Waals surface area contributed by atoms with E-state index in [2.05, 4.69) is 5.32 Å². The minimum atomic E-state index is -0.445. The van der Waals surface area contributed by atoms with Gasteiger partial charge in [-0.1, -0.05) is 0 Å². The van der Waals surface area contributed by atoms with E-state index < -0.39 is 5.60 Å². The number of nitrogens with one attached hydrogen (secondary N) is 1. The van der Waals surface area contributed by atoms with Crippen molar-refractivity contribution >= 4 is 6.09 Å². The smallest absolute Gasteiger partial charge is 0.410 e. The van der Waals surface area contributed by atoms with Crippen LogP contribution in [-0.4, -0.2) is 56.0 Å². The van der Waals surface area contributed by atoms with Crippen molar-refractivity contribution < 1.29 is 14.3 Å². The van der Waals surface area contributed by atoms with Crippen LogP contribution in [0.5, 0.6) is 0 Å². The molecule has 0 aromatic rings. The van der Waals surface area contributed by atoms with Crippen molar-refractivity contribution in [3.63, 3.8) is 0 Å². The molecular weight excluding hydrogens is 208 g/mol. The van der Waals surface area contributed by atoms with Crippen molar-refractivity contribution in [3.8, 4) is 0 Å². The van der Waals surface area contributed by atoms with Crippen LogP contribution in [0.25, 0.3) is 0 Å². The Labute approximate surface area is 97.1 Å². The van der Waals surface area contributed by atoms with Gasteiger partial charge in [0.1, 0.15) is 5.60 Å². The molecule has 0 spiro atoms. The first kappa shape index (κ1) is 13.3. The predicted molar refractivity (Wildman–Crippen MR) is 61.5 cm³/mol. The van der Waals surface area contributed by atoms with Crippen LogP contribution in [0, 0.1) is 0 Å². The fraction of sp³-hybridized carbons (Fsp3) is 0.909. The first-order valence-corrected chi connectivity index (χ1v) is 5.66. The maximum Gasteiger partial charge on any atom is 0.410 e. The van der Waals surface area contributed by atoms with Gasteiger partial charge in [0, 0.05) is 13.1 Å². The molecule has 94 valence electrons. The van der Waals surface area contributed by atoms with Gasteiger partial charge in [-0.05, 0) is 27.8 Å². The van der Waals surface area contributed by atoms with Crippen LogP contribution in [0.2, 0.25) is 0 Å². The fourth-order valence-corrected chi connectivity index (χ4v) is 1.62. The summed E-state index contributed by atoms with van der Waals surface area (Å²) in [6.07, 6.45) is -0.254. The van der Waals surface area contributed by atoms with Gasteiger partial charge in [-0.3, -0.25) is 4.90 Å². The van der Waals surface area contributed by atoms with Crippen molar-refractivity contribution in [2.75, 3.05) is 33.4 Å². The van der Waals surface area contributed by atoms with Gasteiger partial charge in [0.15, 0.2) is 0 Å². The molecule has 0 aliphatic carbocycles. The Bertz CT molecular complexity index is 236. The average Bonchev–Trinajstić information content (AvgIpc) is 2.16. The van der Waals surface area contributed by atoms with E-state index in [0.717, 1.165) is 6.54 Å². The lowest BCUT2D eigenvalue weighted by Crippen LogP contribution is -2.53. The van der Waals surface area contributed by atoms with Crippen LogP contribution >= 0.6 is 0 Å². The summed E-state index contributed by atoms with van der Waals surface area (Å²) in [7, 11) is 1.86. The van der Waals surface area contributed by atoms with Crippen LogP contribution in [-0.2, 0) is 9.47 Å². The van der Waals surface area contributed by atoms with Gasteiger partial charge in [-0.2, -0.15) is 0 Å². The molecule has 1 aliphatic heterocycles. The molecule has 1 amide bonds. The minimum Gasteiger partial charge on any atom is -0.444 e. The summed E-state index contributed by atoms with van der Waals surface area (Å²) >= 11 is 0. The Morgan fingerprint density at radius 2 is 2.25 bits per heavy atom. The highest BCUT2D eigenvalue weighted by atomic mass is 16.6. The van der Waals surface area contributed by atoms with Gasteiger partial charge in [0.05, 0.1) is 19.3 Å². The Morgan fingerprint density at radius 3 is 2.81 bits per heavy atom. The zero-order chi connectivity index (χ0) is 12.2. The highest BCUT2D eigenvalue weighted by Gasteiger charge is 2.30. The predicted octanol–water partition coefficient (Wildman–Crippen LogP) is 0.842. The van der Waals surface area contributed by atoms with E-state index in [1.54, 1.807) is 4.90 Å². The molecule has 1 atom stereocenters. The second kappa shape index (κ2) is 5.50. The lowest BCUT2D eigenvalue weighted by atomic mass is 10.2. The van der Waals surface area contributed by atoms with Crippen LogP contribution in [0.1, 0.15) is 20.8 Å². The number of amides is 1. The first-order chi connectivity index (χ1) is 7.44. The number of carbonyl (C=O) groups excluding carboxylic acids is 1. The summed E-state index contributed by atoms with van der Waals surface area (Å²) in [6.45, 7) is 8.09. The van der Waals surface area contributed by atoms with Crippen LogP contribution in [0.15, 0.2) is 0 Å². The normalized spacial score (nSPS) is 22.0. The molecule has 0 aromatic carbocycles. The van der Waals surface area contributed by atoms with Crippen molar-refractivity contribution in [1.29, 1.82) is 0 Å². The van der Waals surface area contributed by atoms with E-state index in [9.17, 15) is 4.79 Å². The Hall–Kier alpha value is -0.810. The van der Waals surface area contributed by atoms with Crippen LogP contribution < -0.4 is 5.32 Å². The Kier molecular flexibility index (Phi) is 4.56. The van der Waals surface area contributed by atoms with Gasteiger partial charge >= 0.3 is 6.09 Å². The van der Waals surface area contributed by atoms with Gasteiger partial charge in [0.2, 0.25) is 0 Å². The van der Waals surface area contributed by atoms with Gasteiger partial charge in [-0.25, -0.2) is 4.79 Å². The SMILES string of the molecule is CNC[C@@H]1COCCN1C(=O)OC(C)(C)C. The monoisotopic (exact) mass is 230 g/mol. The number of ether oxygens (including phenoxy) is 2. The van der Waals surface area contributed by atoms with Crippen molar-refractivity contribution in [3.05, 3.63) is 0 Å². The van der Waals surface area contributed by atoms with Gasteiger partial charge in [-0.15, -0.1) is 0 Å². The van der Waals surface area contributed by atoms with Crippen molar-refractivity contribution in [1.82, 2.24) is 10.2 Å². The highest BCUT2D eigenvalue weighted by molar-refractivity contribution is 5.68. The first-order valence-electron chi connectivity index (χ1n) is 5.66. The summed E-state index contributed by atoms with van der Waals surface area (Å²) in [6, 6.07) is 0.0635. The number of carbonyl (C=O) groups is 1. The summed E-state index contributed by atoms with van der Waals surface area (Å²) in [5.41, 5.74) is -0.445. The lowest BCUT2D eigenvalue weighted by molar-refractivity contribution is -0.0313. The number of hydrogen-bond donors (Lipinski definition) is 1. The summed E-state index contributed by atoms with van der Waals surface area (Å²) < 4.78 is 10.7. The molecule has 0 radical (unpaired) electrons. The second-order valence-electron chi connectivity index (χ2n) is 4.96. The van der Waals surface area contributed by atoms with E-state index in [4.69, 9.17) is 9.47 Å². The summed E-state index contributed by atoms with van der Waals surface area (Å²) in [5, 5.41) is 3.06. The standard InChI is InChI=1S/C11H22N2O3/c1-11(2,3)16-10(14)13-5-6-15-8-9(13)7-12-4/h9,12H,5-8H2,1-4H3/t9-/m1/s1. The molecular formula is C11H22N2O3. The number of likely N-dealkylation sites (N-methyl/N-ethyl adjacent to an activating group) is 1. The number of morpholine rings is 1. The molecule has 16 heavy (non-hydrogen) atoms. The maximum atomic E-state index is 11.9. The molecule has 0 bridgehead atoms. The molecule has 5 heteroatoms. The van der Waals surface area contributed by atoms with E-state index in [1.807, 2.05) is 27.8 Å². The van der Waals surface area contributed by atoms with E-state index in [1.165, 1.54) is 0 Å². The fourth-order valence-electron chi connectivity index (χ4n) is 1.62. The third-order valence-electron chi connectivity index (χ3n) is 2.30. The molecule has 1 N–H and O–H groups in total. The zero-order valence-electron chi connectivity index (χ0n) is 10.6. The molecule has 0 unspecified atom stereocenters. The molecule has 1 fully saturated rings. The number of rotatable bonds is 2. The molecule has 0 aromatic heterocycles. The molecule has 0 saturated carbocycles. The van der Waals surface area contributed by atoms with Crippen molar-refractivity contribution in [2.45, 2.75) is 32.4 Å². The second-order valence-corrected chi connectivity index (χ2v) is 4.96. The average molecular weight is 230 g/mol. The number of nitrogens with zero attached hydrogens (tertiary/aromatic N) is 1. The van der Waals surface area contributed by atoms with Crippen molar-refractivity contribution in [2.24, 2.45) is 0 Å². The number of hydrogen-bond acceptors (Lipinski definition) is 4. The molecule has 5 nitrogen and oxygen atoms in total. The van der Waals surface area contributed by atoms with E-state index in [0.29, 0.717) is 19.8 Å². The molecule has 1 aliphatic rings. The lowest BCUT2D eigenvalue weighted by Gasteiger charge is -2.36. The van der Waals surface area contributed by atoms with Gasteiger partial charge in [0.25, 0.3) is 0 Å². The molecule has 1 heterocycles. The topological polar surface area (TPSA) is 50.8 Å². The summed E-state index contributed by atoms with van der Waals surface area (Å²) in [5.74, 6) is 0.